The van der Waals surface area contributed by atoms with Gasteiger partial charge in [0.2, 0.25) is 0 Å². The first-order valence-electron chi connectivity index (χ1n) is 16.0. The molecule has 6 heteroatoms. The van der Waals surface area contributed by atoms with E-state index in [-0.39, 0.29) is 0 Å². The lowest BCUT2D eigenvalue weighted by atomic mass is 9.94. The minimum absolute atomic E-state index is 0.601. The molecule has 6 nitrogen and oxygen atoms in total. The molecule has 9 aromatic rings. The number of fused-ring (bicyclic) bond motifs is 7. The molecule has 48 heavy (non-hydrogen) atoms. The van der Waals surface area contributed by atoms with Crippen LogP contribution in [-0.2, 0) is 6.54 Å². The van der Waals surface area contributed by atoms with Gasteiger partial charge in [-0.2, -0.15) is 0 Å². The Morgan fingerprint density at radius 1 is 0.500 bits per heavy atom. The maximum atomic E-state index is 6.22. The van der Waals surface area contributed by atoms with Crippen LogP contribution in [0.25, 0.3) is 95.0 Å². The fourth-order valence-corrected chi connectivity index (χ4v) is 7.00. The molecule has 6 aromatic carbocycles. The zero-order valence-electron chi connectivity index (χ0n) is 25.6. The van der Waals surface area contributed by atoms with E-state index >= 15 is 0 Å². The highest BCUT2D eigenvalue weighted by atomic mass is 16.3. The van der Waals surface area contributed by atoms with E-state index in [9.17, 15) is 0 Å². The van der Waals surface area contributed by atoms with Crippen molar-refractivity contribution in [2.75, 3.05) is 0 Å². The molecule has 10 rings (SSSR count). The fraction of sp³-hybridized carbons (Fsp3) is 0.0238. The molecule has 0 atom stereocenters. The zero-order chi connectivity index (χ0) is 31.6. The molecule has 3 aromatic heterocycles. The van der Waals surface area contributed by atoms with Gasteiger partial charge in [-0.3, -0.25) is 0 Å². The van der Waals surface area contributed by atoms with Crippen LogP contribution in [0.5, 0.6) is 0 Å². The summed E-state index contributed by atoms with van der Waals surface area (Å²) in [6.45, 7) is 0.686. The molecule has 0 saturated heterocycles. The van der Waals surface area contributed by atoms with Crippen molar-refractivity contribution in [1.82, 2.24) is 20.3 Å². The van der Waals surface area contributed by atoms with E-state index in [0.29, 0.717) is 24.0 Å². The second-order valence-corrected chi connectivity index (χ2v) is 12.0. The smallest absolute Gasteiger partial charge is 0.164 e. The number of nitrogens with one attached hydrogen (secondary N) is 1. The lowest BCUT2D eigenvalue weighted by molar-refractivity contribution is 0.532. The van der Waals surface area contributed by atoms with Crippen LogP contribution in [0.4, 0.5) is 0 Å². The Morgan fingerprint density at radius 2 is 1.21 bits per heavy atom. The number of rotatable bonds is 4. The Kier molecular flexibility index (Phi) is 5.84. The quantitative estimate of drug-likeness (QED) is 0.211. The molecule has 0 bridgehead atoms. The molecule has 1 N–H and O–H groups in total. The summed E-state index contributed by atoms with van der Waals surface area (Å²) < 4.78 is 12.4. The van der Waals surface area contributed by atoms with Gasteiger partial charge in [0, 0.05) is 38.4 Å². The minimum Gasteiger partial charge on any atom is -0.459 e. The van der Waals surface area contributed by atoms with Gasteiger partial charge < -0.3 is 14.2 Å². The van der Waals surface area contributed by atoms with Gasteiger partial charge in [0.05, 0.1) is 6.54 Å². The number of aromatic nitrogens is 3. The van der Waals surface area contributed by atoms with E-state index in [0.717, 1.165) is 82.8 Å². The molecule has 0 saturated carbocycles. The average molecular weight is 619 g/mol. The summed E-state index contributed by atoms with van der Waals surface area (Å²) in [5, 5.41) is 8.58. The highest BCUT2D eigenvalue weighted by Crippen LogP contribution is 2.40. The van der Waals surface area contributed by atoms with Crippen LogP contribution in [-0.4, -0.2) is 15.0 Å². The second kappa shape index (κ2) is 10.5. The molecule has 1 aliphatic rings. The summed E-state index contributed by atoms with van der Waals surface area (Å²) in [5.41, 5.74) is 8.71. The van der Waals surface area contributed by atoms with Crippen molar-refractivity contribution in [3.63, 3.8) is 0 Å². The van der Waals surface area contributed by atoms with Crippen LogP contribution in [0.2, 0.25) is 0 Å². The Balaban J connectivity index is 1.17. The predicted octanol–water partition coefficient (Wildman–Crippen LogP) is 10.4. The van der Waals surface area contributed by atoms with Gasteiger partial charge >= 0.3 is 0 Å². The highest BCUT2D eigenvalue weighted by molar-refractivity contribution is 6.12. The standard InChI is InChI=1S/C42H26N4O2/c1-2-9-25(10-3-1)40-44-41(46-42(45-40)33-15-8-18-36-39(33)31-12-4-5-16-34(31)47-36)30-14-6-11-26-23-27(19-20-28(26)30)29-13-7-17-35-38(29)32-21-22-43-24-37(32)48-35/h1-23,43H,24H2. The van der Waals surface area contributed by atoms with Gasteiger partial charge in [0.25, 0.3) is 0 Å². The van der Waals surface area contributed by atoms with Gasteiger partial charge in [0.15, 0.2) is 17.5 Å². The number of benzene rings is 6. The monoisotopic (exact) mass is 618 g/mol. The second-order valence-electron chi connectivity index (χ2n) is 12.0. The Hall–Kier alpha value is -6.53. The maximum absolute atomic E-state index is 6.22. The topological polar surface area (TPSA) is 77.0 Å². The van der Waals surface area contributed by atoms with Crippen molar-refractivity contribution in [3.05, 3.63) is 145 Å². The van der Waals surface area contributed by atoms with Gasteiger partial charge in [-0.05, 0) is 58.4 Å². The highest BCUT2D eigenvalue weighted by Gasteiger charge is 2.20. The van der Waals surface area contributed by atoms with Gasteiger partial charge in [0.1, 0.15) is 22.5 Å². The van der Waals surface area contributed by atoms with Crippen molar-refractivity contribution >= 4 is 49.8 Å². The lowest BCUT2D eigenvalue weighted by Gasteiger charge is -2.12. The van der Waals surface area contributed by atoms with Crippen LogP contribution < -0.4 is 5.32 Å². The Morgan fingerprint density at radius 3 is 2.10 bits per heavy atom. The minimum atomic E-state index is 0.601. The fourth-order valence-electron chi connectivity index (χ4n) is 7.00. The van der Waals surface area contributed by atoms with Crippen LogP contribution >= 0.6 is 0 Å². The largest absolute Gasteiger partial charge is 0.459 e. The van der Waals surface area contributed by atoms with Crippen molar-refractivity contribution in [2.45, 2.75) is 6.54 Å². The summed E-state index contributed by atoms with van der Waals surface area (Å²) in [6.07, 6.45) is 4.09. The van der Waals surface area contributed by atoms with Crippen molar-refractivity contribution in [3.8, 4) is 45.3 Å². The molecule has 0 spiro atoms. The van der Waals surface area contributed by atoms with E-state index in [2.05, 4.69) is 72.1 Å². The average Bonchev–Trinajstić information content (AvgIpc) is 3.73. The van der Waals surface area contributed by atoms with Crippen LogP contribution in [0, 0.1) is 0 Å². The van der Waals surface area contributed by atoms with E-state index in [4.69, 9.17) is 23.8 Å². The third kappa shape index (κ3) is 4.16. The van der Waals surface area contributed by atoms with Crippen molar-refractivity contribution in [2.24, 2.45) is 0 Å². The van der Waals surface area contributed by atoms with Crippen LogP contribution in [0.1, 0.15) is 11.3 Å². The van der Waals surface area contributed by atoms with E-state index in [1.54, 1.807) is 0 Å². The number of hydrogen-bond acceptors (Lipinski definition) is 6. The normalized spacial score (nSPS) is 12.6. The van der Waals surface area contributed by atoms with E-state index in [1.807, 2.05) is 72.9 Å². The lowest BCUT2D eigenvalue weighted by Crippen LogP contribution is -2.08. The summed E-state index contributed by atoms with van der Waals surface area (Å²) in [4.78, 5) is 15.3. The summed E-state index contributed by atoms with van der Waals surface area (Å²) >= 11 is 0. The van der Waals surface area contributed by atoms with Gasteiger partial charge in [-0.25, -0.2) is 15.0 Å². The van der Waals surface area contributed by atoms with Crippen LogP contribution in [0.3, 0.4) is 0 Å². The maximum Gasteiger partial charge on any atom is 0.164 e. The Bertz CT molecular complexity index is 2740. The SMILES string of the molecule is C1=Cc2c(oc3cccc(-c4ccc5c(-c6nc(-c7ccccc7)nc(-c7cccc8oc9ccccc9c78)n6)cccc5c4)c23)CN1. The van der Waals surface area contributed by atoms with Gasteiger partial charge in [-0.15, -0.1) is 0 Å². The molecule has 0 unspecified atom stereocenters. The third-order valence-corrected chi connectivity index (χ3v) is 9.20. The summed E-state index contributed by atoms with van der Waals surface area (Å²) in [7, 11) is 0. The summed E-state index contributed by atoms with van der Waals surface area (Å²) in [5.74, 6) is 2.80. The Labute approximate surface area is 275 Å². The first kappa shape index (κ1) is 26.7. The van der Waals surface area contributed by atoms with Crippen LogP contribution in [0.15, 0.2) is 142 Å². The third-order valence-electron chi connectivity index (χ3n) is 9.20. The predicted molar refractivity (Wildman–Crippen MR) is 192 cm³/mol. The first-order valence-corrected chi connectivity index (χ1v) is 16.0. The van der Waals surface area contributed by atoms with Gasteiger partial charge in [-0.1, -0.05) is 103 Å². The number of para-hydroxylation sites is 1. The molecule has 226 valence electrons. The molecule has 0 fully saturated rings. The molecule has 0 amide bonds. The first-order chi connectivity index (χ1) is 23.8. The number of hydrogen-bond donors (Lipinski definition) is 1. The molecule has 4 heterocycles. The van der Waals surface area contributed by atoms with Crippen molar-refractivity contribution in [1.29, 1.82) is 0 Å². The van der Waals surface area contributed by atoms with E-state index < -0.39 is 0 Å². The van der Waals surface area contributed by atoms with Crippen molar-refractivity contribution < 1.29 is 8.83 Å². The van der Waals surface area contributed by atoms with E-state index in [1.165, 1.54) is 0 Å². The molecule has 1 aliphatic heterocycles. The molecular weight excluding hydrogens is 592 g/mol. The molecule has 0 aliphatic carbocycles. The number of furan rings is 2. The molecular formula is C42H26N4O2. The molecule has 0 radical (unpaired) electrons. The summed E-state index contributed by atoms with van der Waals surface area (Å²) in [6, 6.07) is 43.4. The zero-order valence-corrected chi connectivity index (χ0v) is 25.6. The number of nitrogens with zero attached hydrogens (tertiary/aromatic N) is 3.